The average molecular weight is 346 g/mol. The number of nitrogens with one attached hydrogen (secondary N) is 1. The largest absolute Gasteiger partial charge is 0.419 e. The van der Waals surface area contributed by atoms with Crippen LogP contribution in [0, 0.1) is 0 Å². The molecule has 1 N–H and O–H groups in total. The first kappa shape index (κ1) is 14.2. The standard InChI is InChI=1S/C16H16BrN3O/c1-3-18-10(2)15-19-20-16(21-15)13-5-4-12-9-14(17)7-6-11(12)8-13/h4-10,18H,3H2,1-2H3. The van der Waals surface area contributed by atoms with Crippen LogP contribution in [0.4, 0.5) is 0 Å². The van der Waals surface area contributed by atoms with Gasteiger partial charge in [-0.15, -0.1) is 10.2 Å². The highest BCUT2D eigenvalue weighted by Crippen LogP contribution is 2.26. The number of hydrogen-bond acceptors (Lipinski definition) is 4. The normalized spacial score (nSPS) is 12.7. The van der Waals surface area contributed by atoms with Crippen molar-refractivity contribution >= 4 is 26.7 Å². The van der Waals surface area contributed by atoms with Gasteiger partial charge in [-0.3, -0.25) is 0 Å². The Kier molecular flexibility index (Phi) is 4.03. The molecule has 21 heavy (non-hydrogen) atoms. The molecule has 1 atom stereocenters. The van der Waals surface area contributed by atoms with E-state index in [1.165, 1.54) is 5.39 Å². The Labute approximate surface area is 131 Å². The molecule has 0 amide bonds. The van der Waals surface area contributed by atoms with Crippen LogP contribution in [0.15, 0.2) is 45.3 Å². The van der Waals surface area contributed by atoms with Crippen molar-refractivity contribution < 1.29 is 4.42 Å². The van der Waals surface area contributed by atoms with E-state index in [2.05, 4.69) is 62.6 Å². The van der Waals surface area contributed by atoms with Gasteiger partial charge < -0.3 is 9.73 Å². The van der Waals surface area contributed by atoms with Gasteiger partial charge in [0.05, 0.1) is 6.04 Å². The summed E-state index contributed by atoms with van der Waals surface area (Å²) in [6, 6.07) is 12.4. The maximum Gasteiger partial charge on any atom is 0.247 e. The summed E-state index contributed by atoms with van der Waals surface area (Å²) < 4.78 is 6.83. The number of hydrogen-bond donors (Lipinski definition) is 1. The molecule has 1 aromatic heterocycles. The zero-order chi connectivity index (χ0) is 14.8. The Morgan fingerprint density at radius 3 is 2.71 bits per heavy atom. The Morgan fingerprint density at radius 2 is 1.90 bits per heavy atom. The number of rotatable bonds is 4. The van der Waals surface area contributed by atoms with Crippen molar-refractivity contribution in [2.75, 3.05) is 6.54 Å². The second-order valence-corrected chi connectivity index (χ2v) is 5.85. The Morgan fingerprint density at radius 1 is 1.14 bits per heavy atom. The lowest BCUT2D eigenvalue weighted by atomic mass is 10.1. The molecule has 0 saturated carbocycles. The summed E-state index contributed by atoms with van der Waals surface area (Å²) in [5.41, 5.74) is 0.937. The first-order chi connectivity index (χ1) is 10.2. The topological polar surface area (TPSA) is 51.0 Å². The van der Waals surface area contributed by atoms with Gasteiger partial charge in [-0.1, -0.05) is 35.0 Å². The van der Waals surface area contributed by atoms with Crippen LogP contribution in [0.2, 0.25) is 0 Å². The van der Waals surface area contributed by atoms with Crippen molar-refractivity contribution in [1.82, 2.24) is 15.5 Å². The van der Waals surface area contributed by atoms with Gasteiger partial charge in [0, 0.05) is 10.0 Å². The third kappa shape index (κ3) is 2.99. The van der Waals surface area contributed by atoms with Gasteiger partial charge in [0.2, 0.25) is 11.8 Å². The lowest BCUT2D eigenvalue weighted by Gasteiger charge is -2.05. The molecule has 0 saturated heterocycles. The average Bonchev–Trinajstić information content (AvgIpc) is 2.97. The minimum atomic E-state index is 0.0626. The molecule has 2 aromatic carbocycles. The fraction of sp³-hybridized carbons (Fsp3) is 0.250. The van der Waals surface area contributed by atoms with E-state index in [0.717, 1.165) is 22.0 Å². The van der Waals surface area contributed by atoms with Crippen LogP contribution >= 0.6 is 15.9 Å². The zero-order valence-electron chi connectivity index (χ0n) is 11.9. The van der Waals surface area contributed by atoms with Gasteiger partial charge in [-0.2, -0.15) is 0 Å². The summed E-state index contributed by atoms with van der Waals surface area (Å²) in [4.78, 5) is 0. The van der Waals surface area contributed by atoms with Crippen LogP contribution in [-0.2, 0) is 0 Å². The van der Waals surface area contributed by atoms with E-state index in [1.807, 2.05) is 19.1 Å². The fourth-order valence-electron chi connectivity index (χ4n) is 2.27. The molecule has 0 spiro atoms. The third-order valence-electron chi connectivity index (χ3n) is 3.37. The van der Waals surface area contributed by atoms with Crippen molar-refractivity contribution in [2.45, 2.75) is 19.9 Å². The van der Waals surface area contributed by atoms with Crippen LogP contribution < -0.4 is 5.32 Å². The molecular formula is C16H16BrN3O. The highest BCUT2D eigenvalue weighted by Gasteiger charge is 2.14. The van der Waals surface area contributed by atoms with Crippen LogP contribution in [0.5, 0.6) is 0 Å². The van der Waals surface area contributed by atoms with Crippen molar-refractivity contribution in [2.24, 2.45) is 0 Å². The molecule has 108 valence electrons. The molecule has 0 aliphatic carbocycles. The zero-order valence-corrected chi connectivity index (χ0v) is 13.5. The van der Waals surface area contributed by atoms with E-state index in [-0.39, 0.29) is 6.04 Å². The summed E-state index contributed by atoms with van der Waals surface area (Å²) in [5.74, 6) is 1.17. The van der Waals surface area contributed by atoms with Crippen LogP contribution in [0.25, 0.3) is 22.2 Å². The molecule has 0 aliphatic heterocycles. The lowest BCUT2D eigenvalue weighted by Crippen LogP contribution is -2.17. The van der Waals surface area contributed by atoms with E-state index in [4.69, 9.17) is 4.42 Å². The van der Waals surface area contributed by atoms with Gasteiger partial charge in [0.15, 0.2) is 0 Å². The predicted octanol–water partition coefficient (Wildman–Crippen LogP) is 4.32. The first-order valence-electron chi connectivity index (χ1n) is 6.94. The number of benzene rings is 2. The van der Waals surface area contributed by atoms with Gasteiger partial charge >= 0.3 is 0 Å². The SMILES string of the molecule is CCNC(C)c1nnc(-c2ccc3cc(Br)ccc3c2)o1. The van der Waals surface area contributed by atoms with Crippen LogP contribution in [-0.4, -0.2) is 16.7 Å². The van der Waals surface area contributed by atoms with Gasteiger partial charge in [0.1, 0.15) is 0 Å². The maximum absolute atomic E-state index is 5.76. The quantitative estimate of drug-likeness (QED) is 0.764. The highest BCUT2D eigenvalue weighted by molar-refractivity contribution is 9.10. The number of fused-ring (bicyclic) bond motifs is 1. The first-order valence-corrected chi connectivity index (χ1v) is 7.73. The molecule has 1 heterocycles. The Balaban J connectivity index is 1.95. The van der Waals surface area contributed by atoms with E-state index >= 15 is 0 Å². The van der Waals surface area contributed by atoms with E-state index in [1.54, 1.807) is 0 Å². The Bertz CT molecular complexity index is 769. The monoisotopic (exact) mass is 345 g/mol. The molecule has 0 aliphatic rings. The minimum Gasteiger partial charge on any atom is -0.419 e. The van der Waals surface area contributed by atoms with Gasteiger partial charge in [-0.25, -0.2) is 0 Å². The summed E-state index contributed by atoms with van der Waals surface area (Å²) in [5, 5.41) is 13.9. The number of nitrogens with zero attached hydrogens (tertiary/aromatic N) is 2. The number of halogens is 1. The minimum absolute atomic E-state index is 0.0626. The van der Waals surface area contributed by atoms with Crippen molar-refractivity contribution in [3.05, 3.63) is 46.8 Å². The van der Waals surface area contributed by atoms with Crippen molar-refractivity contribution in [3.63, 3.8) is 0 Å². The molecule has 5 heteroatoms. The molecule has 4 nitrogen and oxygen atoms in total. The fourth-order valence-corrected chi connectivity index (χ4v) is 2.65. The molecule has 0 bridgehead atoms. The van der Waals surface area contributed by atoms with E-state index < -0.39 is 0 Å². The molecular weight excluding hydrogens is 330 g/mol. The van der Waals surface area contributed by atoms with E-state index in [9.17, 15) is 0 Å². The predicted molar refractivity (Wildman–Crippen MR) is 87.0 cm³/mol. The van der Waals surface area contributed by atoms with Crippen LogP contribution in [0.1, 0.15) is 25.8 Å². The van der Waals surface area contributed by atoms with Crippen molar-refractivity contribution in [1.29, 1.82) is 0 Å². The second-order valence-electron chi connectivity index (χ2n) is 4.93. The second kappa shape index (κ2) is 5.95. The van der Waals surface area contributed by atoms with E-state index in [0.29, 0.717) is 11.8 Å². The smallest absolute Gasteiger partial charge is 0.247 e. The molecule has 0 radical (unpaired) electrons. The molecule has 1 unspecified atom stereocenters. The molecule has 3 rings (SSSR count). The summed E-state index contributed by atoms with van der Waals surface area (Å²) in [6.45, 7) is 4.93. The van der Waals surface area contributed by atoms with Crippen LogP contribution in [0.3, 0.4) is 0 Å². The van der Waals surface area contributed by atoms with Crippen molar-refractivity contribution in [3.8, 4) is 11.5 Å². The molecule has 3 aromatic rings. The lowest BCUT2D eigenvalue weighted by molar-refractivity contribution is 0.429. The summed E-state index contributed by atoms with van der Waals surface area (Å²) in [7, 11) is 0. The summed E-state index contributed by atoms with van der Waals surface area (Å²) in [6.07, 6.45) is 0. The number of aromatic nitrogens is 2. The maximum atomic E-state index is 5.76. The summed E-state index contributed by atoms with van der Waals surface area (Å²) >= 11 is 3.48. The van der Waals surface area contributed by atoms with Gasteiger partial charge in [0.25, 0.3) is 0 Å². The third-order valence-corrected chi connectivity index (χ3v) is 3.86. The Hall–Kier alpha value is -1.72. The molecule has 0 fully saturated rings. The highest BCUT2D eigenvalue weighted by atomic mass is 79.9. The van der Waals surface area contributed by atoms with Gasteiger partial charge in [-0.05, 0) is 48.5 Å².